The van der Waals surface area contributed by atoms with Gasteiger partial charge in [0.05, 0.1) is 0 Å². The maximum Gasteiger partial charge on any atom is 0.0481 e. The van der Waals surface area contributed by atoms with Crippen molar-refractivity contribution in [3.05, 3.63) is 33.8 Å². The summed E-state index contributed by atoms with van der Waals surface area (Å²) in [5.41, 5.74) is 8.15. The summed E-state index contributed by atoms with van der Waals surface area (Å²) in [7, 11) is 0. The number of hydrazine groups is 1. The molecule has 2 aliphatic carbocycles. The molecule has 1 aromatic rings. The molecule has 0 amide bonds. The Kier molecular flexibility index (Phi) is 3.03. The second kappa shape index (κ2) is 4.63. The molecule has 2 saturated carbocycles. The number of fused-ring (bicyclic) bond motifs is 5. The number of hydrogen-bond acceptors (Lipinski definition) is 2. The molecule has 1 aliphatic heterocycles. The van der Waals surface area contributed by atoms with Crippen molar-refractivity contribution < 1.29 is 0 Å². The lowest BCUT2D eigenvalue weighted by Crippen LogP contribution is -2.54. The molecule has 1 aromatic carbocycles. The van der Waals surface area contributed by atoms with Gasteiger partial charge in [0.2, 0.25) is 0 Å². The van der Waals surface area contributed by atoms with Gasteiger partial charge >= 0.3 is 0 Å². The molecule has 3 aliphatic rings. The Bertz CT molecular complexity index is 505. The first-order chi connectivity index (χ1) is 9.22. The van der Waals surface area contributed by atoms with E-state index < -0.39 is 0 Å². The van der Waals surface area contributed by atoms with Crippen LogP contribution in [0.25, 0.3) is 0 Å². The van der Waals surface area contributed by atoms with Crippen LogP contribution >= 0.6 is 23.2 Å². The predicted molar refractivity (Wildman–Crippen MR) is 78.2 cm³/mol. The van der Waals surface area contributed by atoms with Crippen LogP contribution in [0.4, 0.5) is 0 Å². The lowest BCUT2D eigenvalue weighted by atomic mass is 9.78. The number of hydrogen-bond donors (Lipinski definition) is 2. The second-order valence-corrected chi connectivity index (χ2v) is 7.11. The maximum atomic E-state index is 6.33. The third kappa shape index (κ3) is 2.01. The van der Waals surface area contributed by atoms with Gasteiger partial charge in [-0.15, -0.1) is 0 Å². The fraction of sp³-hybridized carbons (Fsp3) is 0.600. The molecule has 1 heterocycles. The molecule has 4 heteroatoms. The van der Waals surface area contributed by atoms with E-state index in [2.05, 4.69) is 10.9 Å². The van der Waals surface area contributed by atoms with Crippen LogP contribution in [-0.2, 0) is 0 Å². The van der Waals surface area contributed by atoms with Crippen LogP contribution in [0.2, 0.25) is 10.0 Å². The molecule has 4 rings (SSSR count). The SMILES string of the molecule is Clc1ccc(Cl)c(C2CC3C4CCC(C4)C3NN2)c1. The number of benzene rings is 1. The summed E-state index contributed by atoms with van der Waals surface area (Å²) in [4.78, 5) is 0. The second-order valence-electron chi connectivity index (χ2n) is 6.27. The van der Waals surface area contributed by atoms with Gasteiger partial charge in [-0.05, 0) is 67.2 Å². The molecule has 19 heavy (non-hydrogen) atoms. The molecular weight excluding hydrogens is 279 g/mol. The number of nitrogens with one attached hydrogen (secondary N) is 2. The molecule has 5 unspecified atom stereocenters. The standard InChI is InChI=1S/C15H18Cl2N2/c16-10-3-4-13(17)12(6-10)14-7-11-8-1-2-9(5-8)15(11)19-18-14/h3-4,6,8-9,11,14-15,18-19H,1-2,5,7H2. The Labute approximate surface area is 123 Å². The smallest absolute Gasteiger partial charge is 0.0481 e. The van der Waals surface area contributed by atoms with Crippen LogP contribution in [0.3, 0.4) is 0 Å². The van der Waals surface area contributed by atoms with E-state index in [0.29, 0.717) is 6.04 Å². The van der Waals surface area contributed by atoms with E-state index in [1.165, 1.54) is 25.7 Å². The molecule has 3 fully saturated rings. The predicted octanol–water partition coefficient (Wildman–Crippen LogP) is 3.95. The van der Waals surface area contributed by atoms with Gasteiger partial charge in [0.15, 0.2) is 0 Å². The van der Waals surface area contributed by atoms with Crippen molar-refractivity contribution in [1.82, 2.24) is 10.9 Å². The lowest BCUT2D eigenvalue weighted by Gasteiger charge is -2.40. The van der Waals surface area contributed by atoms with Gasteiger partial charge in [0, 0.05) is 22.1 Å². The van der Waals surface area contributed by atoms with Gasteiger partial charge in [0.1, 0.15) is 0 Å². The van der Waals surface area contributed by atoms with Crippen molar-refractivity contribution in [2.75, 3.05) is 0 Å². The van der Waals surface area contributed by atoms with E-state index in [-0.39, 0.29) is 6.04 Å². The highest BCUT2D eigenvalue weighted by Crippen LogP contribution is 2.52. The van der Waals surface area contributed by atoms with Crippen molar-refractivity contribution in [3.63, 3.8) is 0 Å². The first kappa shape index (κ1) is 12.5. The van der Waals surface area contributed by atoms with E-state index in [1.54, 1.807) is 0 Å². The van der Waals surface area contributed by atoms with Crippen molar-refractivity contribution in [2.24, 2.45) is 17.8 Å². The average molecular weight is 297 g/mol. The molecule has 2 bridgehead atoms. The van der Waals surface area contributed by atoms with Crippen LogP contribution in [0, 0.1) is 17.8 Å². The lowest BCUT2D eigenvalue weighted by molar-refractivity contribution is 0.139. The largest absolute Gasteiger partial charge is 0.254 e. The van der Waals surface area contributed by atoms with Crippen molar-refractivity contribution in [3.8, 4) is 0 Å². The zero-order valence-electron chi connectivity index (χ0n) is 10.7. The summed E-state index contributed by atoms with van der Waals surface area (Å²) in [6, 6.07) is 6.70. The molecule has 5 atom stereocenters. The highest BCUT2D eigenvalue weighted by Gasteiger charge is 2.50. The van der Waals surface area contributed by atoms with Gasteiger partial charge in [0.25, 0.3) is 0 Å². The number of halogens is 2. The van der Waals surface area contributed by atoms with E-state index in [1.807, 2.05) is 18.2 Å². The molecule has 0 spiro atoms. The van der Waals surface area contributed by atoms with E-state index in [0.717, 1.165) is 33.4 Å². The molecule has 2 N–H and O–H groups in total. The van der Waals surface area contributed by atoms with E-state index >= 15 is 0 Å². The van der Waals surface area contributed by atoms with E-state index in [9.17, 15) is 0 Å². The fourth-order valence-corrected chi connectivity index (χ4v) is 4.92. The van der Waals surface area contributed by atoms with Crippen molar-refractivity contribution in [2.45, 2.75) is 37.8 Å². The Morgan fingerprint density at radius 2 is 1.84 bits per heavy atom. The number of rotatable bonds is 1. The van der Waals surface area contributed by atoms with Crippen LogP contribution in [-0.4, -0.2) is 6.04 Å². The molecule has 2 nitrogen and oxygen atoms in total. The van der Waals surface area contributed by atoms with Gasteiger partial charge in [-0.25, -0.2) is 5.43 Å². The van der Waals surface area contributed by atoms with Gasteiger partial charge in [-0.2, -0.15) is 0 Å². The van der Waals surface area contributed by atoms with Crippen molar-refractivity contribution >= 4 is 23.2 Å². The molecular formula is C15H18Cl2N2. The first-order valence-corrected chi connectivity index (χ1v) is 7.94. The monoisotopic (exact) mass is 296 g/mol. The first-order valence-electron chi connectivity index (χ1n) is 7.18. The Morgan fingerprint density at radius 3 is 2.74 bits per heavy atom. The Morgan fingerprint density at radius 1 is 1.00 bits per heavy atom. The highest BCUT2D eigenvalue weighted by atomic mass is 35.5. The van der Waals surface area contributed by atoms with Gasteiger partial charge in [-0.3, -0.25) is 5.43 Å². The fourth-order valence-electron chi connectivity index (χ4n) is 4.49. The van der Waals surface area contributed by atoms with Crippen LogP contribution in [0.15, 0.2) is 18.2 Å². The summed E-state index contributed by atoms with van der Waals surface area (Å²) in [5, 5.41) is 1.57. The van der Waals surface area contributed by atoms with Crippen LogP contribution < -0.4 is 10.9 Å². The molecule has 0 radical (unpaired) electrons. The Balaban J connectivity index is 1.59. The summed E-state index contributed by atoms with van der Waals surface area (Å²) in [5.74, 6) is 2.61. The van der Waals surface area contributed by atoms with Gasteiger partial charge < -0.3 is 0 Å². The maximum absolute atomic E-state index is 6.33. The topological polar surface area (TPSA) is 24.1 Å². The average Bonchev–Trinajstić information content (AvgIpc) is 3.03. The zero-order valence-corrected chi connectivity index (χ0v) is 12.2. The zero-order chi connectivity index (χ0) is 13.0. The summed E-state index contributed by atoms with van der Waals surface area (Å²) < 4.78 is 0. The minimum absolute atomic E-state index is 0.284. The Hall–Kier alpha value is -0.280. The molecule has 0 aromatic heterocycles. The summed E-state index contributed by atoms with van der Waals surface area (Å²) in [6.45, 7) is 0. The third-order valence-electron chi connectivity index (χ3n) is 5.35. The quantitative estimate of drug-likeness (QED) is 0.820. The molecule has 1 saturated heterocycles. The van der Waals surface area contributed by atoms with Crippen molar-refractivity contribution in [1.29, 1.82) is 0 Å². The third-order valence-corrected chi connectivity index (χ3v) is 5.93. The van der Waals surface area contributed by atoms with Crippen LogP contribution in [0.5, 0.6) is 0 Å². The minimum atomic E-state index is 0.284. The van der Waals surface area contributed by atoms with E-state index in [4.69, 9.17) is 23.2 Å². The summed E-state index contributed by atoms with van der Waals surface area (Å²) in [6.07, 6.45) is 5.42. The summed E-state index contributed by atoms with van der Waals surface area (Å²) >= 11 is 12.4. The van der Waals surface area contributed by atoms with Gasteiger partial charge in [-0.1, -0.05) is 23.2 Å². The molecule has 102 valence electrons. The van der Waals surface area contributed by atoms with Crippen LogP contribution in [0.1, 0.15) is 37.3 Å². The highest BCUT2D eigenvalue weighted by molar-refractivity contribution is 6.33. The minimum Gasteiger partial charge on any atom is -0.254 e. The normalized spacial score (nSPS) is 40.4.